The number of carbonyl (C=O) groups excluding carboxylic acids is 1. The van der Waals surface area contributed by atoms with E-state index in [0.717, 1.165) is 33.0 Å². The molecule has 1 aromatic heterocycles. The number of rotatable bonds is 8. The van der Waals surface area contributed by atoms with Gasteiger partial charge in [-0.2, -0.15) is 0 Å². The maximum atomic E-state index is 12.8. The standard InChI is InChI=1S/C25H29ClN2O2S/c1-15(2)30-17(4)12-19-11-10-16(3)20(13-19)14-27-24(29)23-18(5)31-25(28-23)21-8-6-7-9-22(21)26/h6-11,13,15,17H,12,14H2,1-5H3,(H,27,29). The molecule has 0 aliphatic heterocycles. The quantitative estimate of drug-likeness (QED) is 0.428. The molecule has 1 heterocycles. The van der Waals surface area contributed by atoms with Crippen LogP contribution in [0.1, 0.15) is 52.8 Å². The molecular formula is C25H29ClN2O2S. The molecule has 0 spiro atoms. The zero-order chi connectivity index (χ0) is 22.5. The highest BCUT2D eigenvalue weighted by Crippen LogP contribution is 2.32. The Morgan fingerprint density at radius 3 is 2.61 bits per heavy atom. The van der Waals surface area contributed by atoms with Crippen LogP contribution in [0.4, 0.5) is 0 Å². The van der Waals surface area contributed by atoms with Gasteiger partial charge >= 0.3 is 0 Å². The Labute approximate surface area is 193 Å². The van der Waals surface area contributed by atoms with Crippen molar-refractivity contribution < 1.29 is 9.53 Å². The van der Waals surface area contributed by atoms with E-state index in [2.05, 4.69) is 42.3 Å². The van der Waals surface area contributed by atoms with Crippen molar-refractivity contribution in [2.24, 2.45) is 0 Å². The minimum atomic E-state index is -0.173. The van der Waals surface area contributed by atoms with Crippen molar-refractivity contribution in [1.82, 2.24) is 10.3 Å². The average molecular weight is 457 g/mol. The molecule has 164 valence electrons. The molecule has 6 heteroatoms. The zero-order valence-corrected chi connectivity index (χ0v) is 20.2. The van der Waals surface area contributed by atoms with Crippen LogP contribution in [-0.4, -0.2) is 23.1 Å². The van der Waals surface area contributed by atoms with E-state index < -0.39 is 0 Å². The molecule has 1 unspecified atom stereocenters. The monoisotopic (exact) mass is 456 g/mol. The summed E-state index contributed by atoms with van der Waals surface area (Å²) in [6, 6.07) is 13.9. The van der Waals surface area contributed by atoms with E-state index >= 15 is 0 Å². The van der Waals surface area contributed by atoms with Crippen LogP contribution in [0.2, 0.25) is 5.02 Å². The van der Waals surface area contributed by atoms with Crippen molar-refractivity contribution in [1.29, 1.82) is 0 Å². The number of nitrogens with zero attached hydrogens (tertiary/aromatic N) is 1. The van der Waals surface area contributed by atoms with E-state index in [1.165, 1.54) is 16.9 Å². The number of benzene rings is 2. The average Bonchev–Trinajstić information content (AvgIpc) is 3.09. The lowest BCUT2D eigenvalue weighted by Crippen LogP contribution is -2.24. The zero-order valence-electron chi connectivity index (χ0n) is 18.7. The summed E-state index contributed by atoms with van der Waals surface area (Å²) in [5, 5.41) is 4.42. The lowest BCUT2D eigenvalue weighted by molar-refractivity contribution is 0.0195. The summed E-state index contributed by atoms with van der Waals surface area (Å²) in [7, 11) is 0. The normalized spacial score (nSPS) is 12.2. The van der Waals surface area contributed by atoms with Gasteiger partial charge in [0.1, 0.15) is 10.7 Å². The molecule has 3 aromatic rings. The van der Waals surface area contributed by atoms with Crippen LogP contribution in [0.3, 0.4) is 0 Å². The fourth-order valence-electron chi connectivity index (χ4n) is 3.50. The molecule has 1 amide bonds. The van der Waals surface area contributed by atoms with Gasteiger partial charge in [-0.15, -0.1) is 11.3 Å². The Hall–Kier alpha value is -2.21. The molecular weight excluding hydrogens is 428 g/mol. The first-order chi connectivity index (χ1) is 14.7. The van der Waals surface area contributed by atoms with Gasteiger partial charge in [0.15, 0.2) is 0 Å². The van der Waals surface area contributed by atoms with E-state index in [-0.39, 0.29) is 18.1 Å². The Morgan fingerprint density at radius 1 is 1.16 bits per heavy atom. The van der Waals surface area contributed by atoms with E-state index in [4.69, 9.17) is 16.3 Å². The molecule has 3 rings (SSSR count). The summed E-state index contributed by atoms with van der Waals surface area (Å²) in [5.41, 5.74) is 4.74. The molecule has 0 saturated heterocycles. The van der Waals surface area contributed by atoms with Crippen molar-refractivity contribution in [2.75, 3.05) is 0 Å². The second-order valence-electron chi connectivity index (χ2n) is 8.05. The third-order valence-corrected chi connectivity index (χ3v) is 6.33. The summed E-state index contributed by atoms with van der Waals surface area (Å²) in [5.74, 6) is -0.173. The number of halogens is 1. The Kier molecular flexibility index (Phi) is 7.87. The maximum absolute atomic E-state index is 12.8. The molecule has 1 N–H and O–H groups in total. The van der Waals surface area contributed by atoms with Crippen molar-refractivity contribution in [3.05, 3.63) is 74.7 Å². The van der Waals surface area contributed by atoms with Gasteiger partial charge in [-0.1, -0.05) is 48.0 Å². The highest BCUT2D eigenvalue weighted by molar-refractivity contribution is 7.15. The number of hydrogen-bond donors (Lipinski definition) is 1. The minimum absolute atomic E-state index is 0.144. The summed E-state index contributed by atoms with van der Waals surface area (Å²) in [6.45, 7) is 10.6. The van der Waals surface area contributed by atoms with Gasteiger partial charge in [-0.05, 0) is 63.8 Å². The minimum Gasteiger partial charge on any atom is -0.376 e. The van der Waals surface area contributed by atoms with Gasteiger partial charge in [-0.3, -0.25) is 4.79 Å². The Balaban J connectivity index is 1.70. The second-order valence-corrected chi connectivity index (χ2v) is 9.66. The third kappa shape index (κ3) is 6.16. The van der Waals surface area contributed by atoms with Gasteiger partial charge < -0.3 is 10.1 Å². The smallest absolute Gasteiger partial charge is 0.271 e. The predicted octanol–water partition coefficient (Wildman–Crippen LogP) is 6.37. The molecule has 0 radical (unpaired) electrons. The summed E-state index contributed by atoms with van der Waals surface area (Å²) in [4.78, 5) is 18.3. The largest absolute Gasteiger partial charge is 0.376 e. The van der Waals surface area contributed by atoms with Gasteiger partial charge in [-0.25, -0.2) is 4.98 Å². The van der Waals surface area contributed by atoms with Crippen LogP contribution in [0.25, 0.3) is 10.6 Å². The fourth-order valence-corrected chi connectivity index (χ4v) is 4.73. The van der Waals surface area contributed by atoms with Crippen molar-refractivity contribution in [3.63, 3.8) is 0 Å². The highest BCUT2D eigenvalue weighted by atomic mass is 35.5. The number of amides is 1. The molecule has 0 aliphatic rings. The van der Waals surface area contributed by atoms with Crippen LogP contribution < -0.4 is 5.32 Å². The van der Waals surface area contributed by atoms with E-state index in [1.807, 2.05) is 45.0 Å². The number of nitrogens with one attached hydrogen (secondary N) is 1. The van der Waals surface area contributed by atoms with Crippen LogP contribution in [0.5, 0.6) is 0 Å². The lowest BCUT2D eigenvalue weighted by Gasteiger charge is -2.17. The van der Waals surface area contributed by atoms with Gasteiger partial charge in [0.05, 0.1) is 17.2 Å². The number of thiazole rings is 1. The topological polar surface area (TPSA) is 51.2 Å². The Bertz CT molecular complexity index is 1060. The van der Waals surface area contributed by atoms with Crippen LogP contribution in [-0.2, 0) is 17.7 Å². The highest BCUT2D eigenvalue weighted by Gasteiger charge is 2.18. The Morgan fingerprint density at radius 2 is 1.90 bits per heavy atom. The summed E-state index contributed by atoms with van der Waals surface area (Å²) >= 11 is 7.77. The van der Waals surface area contributed by atoms with Crippen molar-refractivity contribution >= 4 is 28.8 Å². The van der Waals surface area contributed by atoms with E-state index in [1.54, 1.807) is 0 Å². The maximum Gasteiger partial charge on any atom is 0.271 e. The lowest BCUT2D eigenvalue weighted by atomic mass is 10.0. The van der Waals surface area contributed by atoms with Gasteiger partial charge in [0.25, 0.3) is 5.91 Å². The van der Waals surface area contributed by atoms with Crippen molar-refractivity contribution in [2.45, 2.75) is 59.8 Å². The summed E-state index contributed by atoms with van der Waals surface area (Å²) in [6.07, 6.45) is 1.19. The molecule has 4 nitrogen and oxygen atoms in total. The second kappa shape index (κ2) is 10.4. The molecule has 1 atom stereocenters. The SMILES string of the molecule is Cc1ccc(CC(C)OC(C)C)cc1CNC(=O)c1nc(-c2ccccc2Cl)sc1C. The number of carbonyl (C=O) groups is 1. The van der Waals surface area contributed by atoms with E-state index in [0.29, 0.717) is 17.3 Å². The van der Waals surface area contributed by atoms with Crippen LogP contribution in [0.15, 0.2) is 42.5 Å². The van der Waals surface area contributed by atoms with Crippen LogP contribution in [0, 0.1) is 13.8 Å². The van der Waals surface area contributed by atoms with Crippen molar-refractivity contribution in [3.8, 4) is 10.6 Å². The molecule has 31 heavy (non-hydrogen) atoms. The summed E-state index contributed by atoms with van der Waals surface area (Å²) < 4.78 is 5.85. The number of aromatic nitrogens is 1. The third-order valence-electron chi connectivity index (χ3n) is 5.00. The molecule has 0 saturated carbocycles. The number of aryl methyl sites for hydroxylation is 2. The van der Waals surface area contributed by atoms with Gasteiger partial charge in [0, 0.05) is 17.0 Å². The van der Waals surface area contributed by atoms with Crippen LogP contribution >= 0.6 is 22.9 Å². The number of ether oxygens (including phenoxy) is 1. The number of hydrogen-bond acceptors (Lipinski definition) is 4. The van der Waals surface area contributed by atoms with E-state index in [9.17, 15) is 4.79 Å². The first-order valence-electron chi connectivity index (χ1n) is 10.5. The first-order valence-corrected chi connectivity index (χ1v) is 11.7. The molecule has 0 fully saturated rings. The molecule has 0 aliphatic carbocycles. The fraction of sp³-hybridized carbons (Fsp3) is 0.360. The molecule has 0 bridgehead atoms. The molecule has 2 aromatic carbocycles. The predicted molar refractivity (Wildman–Crippen MR) is 129 cm³/mol. The van der Waals surface area contributed by atoms with Gasteiger partial charge in [0.2, 0.25) is 0 Å². The first kappa shape index (κ1) is 23.5.